The lowest BCUT2D eigenvalue weighted by Gasteiger charge is -2.18. The van der Waals surface area contributed by atoms with Gasteiger partial charge in [0.05, 0.1) is 6.54 Å². The minimum atomic E-state index is 0.00926. The maximum absolute atomic E-state index is 11.9. The predicted molar refractivity (Wildman–Crippen MR) is 71.5 cm³/mol. The van der Waals surface area contributed by atoms with E-state index in [1.165, 1.54) is 0 Å². The number of hydrogen-bond acceptors (Lipinski definition) is 4. The van der Waals surface area contributed by atoms with E-state index in [0.717, 1.165) is 38.3 Å². The van der Waals surface area contributed by atoms with Crippen molar-refractivity contribution >= 4 is 11.7 Å². The smallest absolute Gasteiger partial charge is 0.239 e. The predicted octanol–water partition coefficient (Wildman–Crippen LogP) is 0.624. The van der Waals surface area contributed by atoms with Gasteiger partial charge in [-0.15, -0.1) is 0 Å². The summed E-state index contributed by atoms with van der Waals surface area (Å²) in [5.74, 6) is 0.642. The Bertz CT molecular complexity index is 400. The van der Waals surface area contributed by atoms with Crippen LogP contribution in [0.25, 0.3) is 0 Å². The second kappa shape index (κ2) is 6.47. The molecule has 0 aliphatic carbocycles. The summed E-state index contributed by atoms with van der Waals surface area (Å²) in [6.45, 7) is 6.25. The number of carbonyl (C=O) groups excluding carboxylic acids is 1. The average Bonchev–Trinajstić information content (AvgIpc) is 2.57. The third-order valence-corrected chi connectivity index (χ3v) is 2.96. The van der Waals surface area contributed by atoms with Gasteiger partial charge in [0.1, 0.15) is 5.82 Å². The van der Waals surface area contributed by atoms with Gasteiger partial charge in [0, 0.05) is 18.8 Å². The molecule has 2 N–H and O–H groups in total. The van der Waals surface area contributed by atoms with Crippen LogP contribution in [0.3, 0.4) is 0 Å². The van der Waals surface area contributed by atoms with Crippen molar-refractivity contribution in [3.63, 3.8) is 0 Å². The van der Waals surface area contributed by atoms with E-state index in [1.807, 2.05) is 25.1 Å². The van der Waals surface area contributed by atoms with Gasteiger partial charge in [0.15, 0.2) is 0 Å². The van der Waals surface area contributed by atoms with Crippen molar-refractivity contribution in [1.82, 2.24) is 15.2 Å². The molecule has 0 atom stereocenters. The van der Waals surface area contributed by atoms with Gasteiger partial charge < -0.3 is 10.6 Å². The summed E-state index contributed by atoms with van der Waals surface area (Å²) in [7, 11) is 0. The number of aryl methyl sites for hydroxylation is 1. The van der Waals surface area contributed by atoms with Crippen LogP contribution in [0.15, 0.2) is 18.2 Å². The van der Waals surface area contributed by atoms with Crippen molar-refractivity contribution in [1.29, 1.82) is 0 Å². The Morgan fingerprint density at radius 1 is 1.44 bits per heavy atom. The Labute approximate surface area is 108 Å². The second-order valence-corrected chi connectivity index (χ2v) is 4.59. The zero-order valence-corrected chi connectivity index (χ0v) is 10.8. The van der Waals surface area contributed by atoms with Gasteiger partial charge in [-0.3, -0.25) is 9.69 Å². The van der Waals surface area contributed by atoms with E-state index in [9.17, 15) is 4.79 Å². The highest BCUT2D eigenvalue weighted by molar-refractivity contribution is 5.91. The topological polar surface area (TPSA) is 57.3 Å². The van der Waals surface area contributed by atoms with E-state index in [4.69, 9.17) is 0 Å². The summed E-state index contributed by atoms with van der Waals surface area (Å²) >= 11 is 0. The molecular weight excluding hydrogens is 228 g/mol. The molecule has 0 spiro atoms. The number of anilines is 1. The van der Waals surface area contributed by atoms with Crippen LogP contribution in [0.1, 0.15) is 12.1 Å². The molecule has 0 aromatic carbocycles. The van der Waals surface area contributed by atoms with Gasteiger partial charge in [-0.2, -0.15) is 0 Å². The van der Waals surface area contributed by atoms with Gasteiger partial charge in [0.2, 0.25) is 5.91 Å². The first-order valence-electron chi connectivity index (χ1n) is 6.40. The molecule has 18 heavy (non-hydrogen) atoms. The third kappa shape index (κ3) is 4.09. The number of pyridine rings is 1. The summed E-state index contributed by atoms with van der Waals surface area (Å²) < 4.78 is 0. The van der Waals surface area contributed by atoms with Crippen LogP contribution < -0.4 is 10.6 Å². The summed E-state index contributed by atoms with van der Waals surface area (Å²) in [4.78, 5) is 18.3. The molecule has 1 aliphatic heterocycles. The van der Waals surface area contributed by atoms with Crippen LogP contribution in [0.5, 0.6) is 0 Å². The number of carbonyl (C=O) groups is 1. The highest BCUT2D eigenvalue weighted by Gasteiger charge is 2.12. The van der Waals surface area contributed by atoms with Crippen LogP contribution in [-0.2, 0) is 4.79 Å². The lowest BCUT2D eigenvalue weighted by molar-refractivity contribution is -0.117. The van der Waals surface area contributed by atoms with E-state index in [-0.39, 0.29) is 5.91 Å². The van der Waals surface area contributed by atoms with Crippen LogP contribution in [-0.4, -0.2) is 48.5 Å². The fraction of sp³-hybridized carbons (Fsp3) is 0.538. The number of amides is 1. The zero-order chi connectivity index (χ0) is 12.8. The van der Waals surface area contributed by atoms with Crippen molar-refractivity contribution in [3.05, 3.63) is 23.9 Å². The summed E-state index contributed by atoms with van der Waals surface area (Å²) in [6, 6.07) is 5.62. The van der Waals surface area contributed by atoms with Crippen LogP contribution in [0.4, 0.5) is 5.82 Å². The van der Waals surface area contributed by atoms with Crippen LogP contribution in [0.2, 0.25) is 0 Å². The highest BCUT2D eigenvalue weighted by atomic mass is 16.2. The first-order chi connectivity index (χ1) is 8.74. The third-order valence-electron chi connectivity index (χ3n) is 2.96. The number of rotatable bonds is 3. The van der Waals surface area contributed by atoms with Crippen molar-refractivity contribution in [2.45, 2.75) is 13.3 Å². The molecule has 5 heteroatoms. The number of aromatic nitrogens is 1. The molecule has 1 saturated heterocycles. The van der Waals surface area contributed by atoms with Gasteiger partial charge in [-0.1, -0.05) is 6.07 Å². The molecule has 1 aromatic heterocycles. The lowest BCUT2D eigenvalue weighted by Crippen LogP contribution is -2.35. The quantitative estimate of drug-likeness (QED) is 0.823. The number of hydrogen-bond donors (Lipinski definition) is 2. The second-order valence-electron chi connectivity index (χ2n) is 4.59. The summed E-state index contributed by atoms with van der Waals surface area (Å²) in [5.41, 5.74) is 0.909. The SMILES string of the molecule is Cc1cccc(NC(=O)CN2CCCNCC2)n1. The molecule has 1 amide bonds. The maximum Gasteiger partial charge on any atom is 0.239 e. The fourth-order valence-corrected chi connectivity index (χ4v) is 2.06. The Morgan fingerprint density at radius 3 is 3.17 bits per heavy atom. The minimum Gasteiger partial charge on any atom is -0.315 e. The molecule has 98 valence electrons. The Morgan fingerprint density at radius 2 is 2.33 bits per heavy atom. The van der Waals surface area contributed by atoms with Gasteiger partial charge in [0.25, 0.3) is 0 Å². The average molecular weight is 248 g/mol. The van der Waals surface area contributed by atoms with Crippen molar-refractivity contribution in [2.75, 3.05) is 38.0 Å². The molecule has 0 radical (unpaired) electrons. The molecule has 0 unspecified atom stereocenters. The van der Waals surface area contributed by atoms with E-state index >= 15 is 0 Å². The zero-order valence-electron chi connectivity index (χ0n) is 10.8. The standard InChI is InChI=1S/C13H20N4O/c1-11-4-2-5-12(15-11)16-13(18)10-17-8-3-6-14-7-9-17/h2,4-5,14H,3,6-10H2,1H3,(H,15,16,18). The summed E-state index contributed by atoms with van der Waals surface area (Å²) in [5, 5.41) is 6.16. The first-order valence-corrected chi connectivity index (χ1v) is 6.40. The largest absolute Gasteiger partial charge is 0.315 e. The molecule has 2 rings (SSSR count). The van der Waals surface area contributed by atoms with Crippen molar-refractivity contribution in [3.8, 4) is 0 Å². The fourth-order valence-electron chi connectivity index (χ4n) is 2.06. The van der Waals surface area contributed by atoms with E-state index in [2.05, 4.69) is 20.5 Å². The van der Waals surface area contributed by atoms with Gasteiger partial charge in [-0.25, -0.2) is 4.98 Å². The van der Waals surface area contributed by atoms with Gasteiger partial charge in [-0.05, 0) is 38.6 Å². The van der Waals surface area contributed by atoms with Gasteiger partial charge >= 0.3 is 0 Å². The molecular formula is C13H20N4O. The van der Waals surface area contributed by atoms with E-state index < -0.39 is 0 Å². The van der Waals surface area contributed by atoms with Crippen LogP contribution in [0, 0.1) is 6.92 Å². The maximum atomic E-state index is 11.9. The Balaban J connectivity index is 1.84. The minimum absolute atomic E-state index is 0.00926. The highest BCUT2D eigenvalue weighted by Crippen LogP contribution is 2.04. The van der Waals surface area contributed by atoms with Crippen LogP contribution >= 0.6 is 0 Å². The molecule has 1 fully saturated rings. The molecule has 5 nitrogen and oxygen atoms in total. The van der Waals surface area contributed by atoms with Crippen molar-refractivity contribution < 1.29 is 4.79 Å². The molecule has 2 heterocycles. The normalized spacial score (nSPS) is 17.2. The van der Waals surface area contributed by atoms with Crippen molar-refractivity contribution in [2.24, 2.45) is 0 Å². The number of nitrogens with one attached hydrogen (secondary N) is 2. The van der Waals surface area contributed by atoms with E-state index in [1.54, 1.807) is 0 Å². The Hall–Kier alpha value is -1.46. The Kier molecular flexibility index (Phi) is 4.66. The summed E-state index contributed by atoms with van der Waals surface area (Å²) in [6.07, 6.45) is 1.09. The first kappa shape index (κ1) is 13.0. The molecule has 1 aliphatic rings. The molecule has 0 saturated carbocycles. The lowest BCUT2D eigenvalue weighted by atomic mass is 10.3. The van der Waals surface area contributed by atoms with E-state index in [0.29, 0.717) is 12.4 Å². The number of nitrogens with zero attached hydrogens (tertiary/aromatic N) is 2. The monoisotopic (exact) mass is 248 g/mol. The molecule has 1 aromatic rings. The molecule has 0 bridgehead atoms.